The molecule has 0 fully saturated rings. The van der Waals surface area contributed by atoms with Crippen molar-refractivity contribution in [3.05, 3.63) is 29.3 Å². The van der Waals surface area contributed by atoms with Crippen LogP contribution in [0.2, 0.25) is 0 Å². The minimum atomic E-state index is 0.433. The van der Waals surface area contributed by atoms with Gasteiger partial charge in [0.1, 0.15) is 6.07 Å². The highest BCUT2D eigenvalue weighted by atomic mass is 16.5. The van der Waals surface area contributed by atoms with Gasteiger partial charge in [-0.25, -0.2) is 0 Å². The molecule has 0 amide bonds. The molecule has 0 heterocycles. The molecule has 0 radical (unpaired) electrons. The summed E-state index contributed by atoms with van der Waals surface area (Å²) in [6.07, 6.45) is 0.433. The third kappa shape index (κ3) is 3.76. The Balaban J connectivity index is 2.99. The maximum atomic E-state index is 9.14. The van der Waals surface area contributed by atoms with Gasteiger partial charge in [0.05, 0.1) is 30.3 Å². The molecule has 1 aromatic carbocycles. The molecule has 1 rings (SSSR count). The Labute approximate surface area is 108 Å². The lowest BCUT2D eigenvalue weighted by Gasteiger charge is -2.24. The van der Waals surface area contributed by atoms with Crippen molar-refractivity contribution in [1.29, 1.82) is 10.5 Å². The van der Waals surface area contributed by atoms with E-state index in [4.69, 9.17) is 15.3 Å². The number of methoxy groups -OCH3 is 1. The van der Waals surface area contributed by atoms with Crippen LogP contribution in [0.15, 0.2) is 18.2 Å². The molecule has 0 saturated carbocycles. The molecule has 0 saturated heterocycles. The van der Waals surface area contributed by atoms with E-state index in [1.807, 2.05) is 30.0 Å². The Kier molecular flexibility index (Phi) is 5.70. The Morgan fingerprint density at radius 1 is 1.28 bits per heavy atom. The van der Waals surface area contributed by atoms with E-state index >= 15 is 0 Å². The lowest BCUT2D eigenvalue weighted by molar-refractivity contribution is 0.205. The fourth-order valence-corrected chi connectivity index (χ4v) is 1.74. The summed E-state index contributed by atoms with van der Waals surface area (Å²) in [5, 5.41) is 17.8. The summed E-state index contributed by atoms with van der Waals surface area (Å²) < 4.78 is 5.07. The molecule has 0 N–H and O–H groups in total. The molecule has 0 aliphatic carbocycles. The van der Waals surface area contributed by atoms with Gasteiger partial charge in [-0.05, 0) is 24.6 Å². The topological polar surface area (TPSA) is 60.0 Å². The monoisotopic (exact) mass is 243 g/mol. The van der Waals surface area contributed by atoms with Crippen LogP contribution >= 0.6 is 0 Å². The molecule has 18 heavy (non-hydrogen) atoms. The van der Waals surface area contributed by atoms with Crippen LogP contribution in [0.1, 0.15) is 17.5 Å². The SMILES string of the molecule is COCCN(CCC#N)c1cc(C)ccc1C#N. The second-order valence-electron chi connectivity index (χ2n) is 4.02. The van der Waals surface area contributed by atoms with E-state index in [1.54, 1.807) is 7.11 Å². The zero-order valence-corrected chi connectivity index (χ0v) is 10.8. The van der Waals surface area contributed by atoms with Crippen LogP contribution in [0.5, 0.6) is 0 Å². The summed E-state index contributed by atoms with van der Waals surface area (Å²) in [4.78, 5) is 2.03. The van der Waals surface area contributed by atoms with Crippen LogP contribution in [-0.4, -0.2) is 26.8 Å². The van der Waals surface area contributed by atoms with Crippen molar-refractivity contribution in [3.8, 4) is 12.1 Å². The Morgan fingerprint density at radius 2 is 2.06 bits per heavy atom. The van der Waals surface area contributed by atoms with Gasteiger partial charge in [0, 0.05) is 20.2 Å². The normalized spacial score (nSPS) is 9.56. The first-order valence-corrected chi connectivity index (χ1v) is 5.84. The maximum Gasteiger partial charge on any atom is 0.101 e. The van der Waals surface area contributed by atoms with Crippen molar-refractivity contribution >= 4 is 5.69 Å². The molecule has 0 atom stereocenters. The smallest absolute Gasteiger partial charge is 0.101 e. The minimum Gasteiger partial charge on any atom is -0.383 e. The first kappa shape index (κ1) is 14.0. The van der Waals surface area contributed by atoms with Gasteiger partial charge in [-0.2, -0.15) is 10.5 Å². The first-order chi connectivity index (χ1) is 8.72. The van der Waals surface area contributed by atoms with Crippen LogP contribution in [0.4, 0.5) is 5.69 Å². The van der Waals surface area contributed by atoms with Crippen molar-refractivity contribution in [2.45, 2.75) is 13.3 Å². The van der Waals surface area contributed by atoms with E-state index < -0.39 is 0 Å². The van der Waals surface area contributed by atoms with Gasteiger partial charge < -0.3 is 9.64 Å². The van der Waals surface area contributed by atoms with Crippen molar-refractivity contribution in [1.82, 2.24) is 0 Å². The van der Waals surface area contributed by atoms with Gasteiger partial charge in [0.2, 0.25) is 0 Å². The number of hydrogen-bond acceptors (Lipinski definition) is 4. The number of hydrogen-bond donors (Lipinski definition) is 0. The summed E-state index contributed by atoms with van der Waals surface area (Å²) in [6.45, 7) is 3.85. The standard InChI is InChI=1S/C14H17N3O/c1-12-4-5-13(11-16)14(10-12)17(7-3-6-15)8-9-18-2/h4-5,10H,3,7-9H2,1-2H3. The molecular formula is C14H17N3O. The molecule has 0 bridgehead atoms. The maximum absolute atomic E-state index is 9.14. The van der Waals surface area contributed by atoms with Crippen LogP contribution in [-0.2, 0) is 4.74 Å². The second kappa shape index (κ2) is 7.32. The number of anilines is 1. The van der Waals surface area contributed by atoms with Crippen LogP contribution < -0.4 is 4.90 Å². The Hall–Kier alpha value is -2.04. The zero-order valence-electron chi connectivity index (χ0n) is 10.8. The molecule has 0 aliphatic rings. The molecule has 94 valence electrons. The Bertz CT molecular complexity index is 471. The predicted molar refractivity (Wildman–Crippen MR) is 70.2 cm³/mol. The van der Waals surface area contributed by atoms with Crippen molar-refractivity contribution in [2.24, 2.45) is 0 Å². The molecule has 0 spiro atoms. The summed E-state index contributed by atoms with van der Waals surface area (Å²) in [5.74, 6) is 0. The molecule has 1 aromatic rings. The highest BCUT2D eigenvalue weighted by Gasteiger charge is 2.11. The number of rotatable bonds is 6. The fraction of sp³-hybridized carbons (Fsp3) is 0.429. The van der Waals surface area contributed by atoms with Crippen LogP contribution in [0.3, 0.4) is 0 Å². The van der Waals surface area contributed by atoms with E-state index in [0.29, 0.717) is 31.7 Å². The van der Waals surface area contributed by atoms with Crippen molar-refractivity contribution in [3.63, 3.8) is 0 Å². The van der Waals surface area contributed by atoms with Crippen LogP contribution in [0, 0.1) is 29.6 Å². The number of nitrogens with zero attached hydrogens (tertiary/aromatic N) is 3. The van der Waals surface area contributed by atoms with E-state index in [2.05, 4.69) is 12.1 Å². The van der Waals surface area contributed by atoms with Gasteiger partial charge in [0.15, 0.2) is 0 Å². The average Bonchev–Trinajstić information content (AvgIpc) is 2.39. The molecular weight excluding hydrogens is 226 g/mol. The lowest BCUT2D eigenvalue weighted by atomic mass is 10.1. The quantitative estimate of drug-likeness (QED) is 0.768. The van der Waals surface area contributed by atoms with Gasteiger partial charge in [0.25, 0.3) is 0 Å². The number of benzene rings is 1. The van der Waals surface area contributed by atoms with Crippen LogP contribution in [0.25, 0.3) is 0 Å². The molecule has 0 aliphatic heterocycles. The minimum absolute atomic E-state index is 0.433. The molecule has 4 heteroatoms. The number of aryl methyl sites for hydroxylation is 1. The van der Waals surface area contributed by atoms with E-state index in [1.165, 1.54) is 0 Å². The highest BCUT2D eigenvalue weighted by Crippen LogP contribution is 2.21. The van der Waals surface area contributed by atoms with Gasteiger partial charge in [-0.15, -0.1) is 0 Å². The molecule has 0 unspecified atom stereocenters. The predicted octanol–water partition coefficient (Wildman–Crippen LogP) is 2.23. The second-order valence-corrected chi connectivity index (χ2v) is 4.02. The lowest BCUT2D eigenvalue weighted by Crippen LogP contribution is -2.29. The molecule has 0 aromatic heterocycles. The zero-order chi connectivity index (χ0) is 13.4. The Morgan fingerprint density at radius 3 is 2.67 bits per heavy atom. The van der Waals surface area contributed by atoms with Gasteiger partial charge >= 0.3 is 0 Å². The third-order valence-electron chi connectivity index (χ3n) is 2.67. The summed E-state index contributed by atoms with van der Waals surface area (Å²) in [7, 11) is 1.64. The van der Waals surface area contributed by atoms with Gasteiger partial charge in [-0.1, -0.05) is 6.07 Å². The van der Waals surface area contributed by atoms with E-state index in [9.17, 15) is 0 Å². The first-order valence-electron chi connectivity index (χ1n) is 5.84. The van der Waals surface area contributed by atoms with Gasteiger partial charge in [-0.3, -0.25) is 0 Å². The molecule has 4 nitrogen and oxygen atoms in total. The average molecular weight is 243 g/mol. The van der Waals surface area contributed by atoms with Crippen molar-refractivity contribution < 1.29 is 4.74 Å². The van der Waals surface area contributed by atoms with E-state index in [0.717, 1.165) is 11.3 Å². The highest BCUT2D eigenvalue weighted by molar-refractivity contribution is 5.60. The number of ether oxygens (including phenoxy) is 1. The summed E-state index contributed by atoms with van der Waals surface area (Å²) in [6, 6.07) is 10.0. The van der Waals surface area contributed by atoms with Crippen molar-refractivity contribution in [2.75, 3.05) is 31.7 Å². The largest absolute Gasteiger partial charge is 0.383 e. The fourth-order valence-electron chi connectivity index (χ4n) is 1.74. The number of nitriles is 2. The van der Waals surface area contributed by atoms with E-state index in [-0.39, 0.29) is 0 Å². The third-order valence-corrected chi connectivity index (χ3v) is 2.67. The summed E-state index contributed by atoms with van der Waals surface area (Å²) in [5.41, 5.74) is 2.61. The summed E-state index contributed by atoms with van der Waals surface area (Å²) >= 11 is 0.